The Hall–Kier alpha value is -4.25. The van der Waals surface area contributed by atoms with Gasteiger partial charge >= 0.3 is 0 Å². The van der Waals surface area contributed by atoms with Gasteiger partial charge in [0.2, 0.25) is 11.8 Å². The van der Waals surface area contributed by atoms with Crippen LogP contribution in [-0.2, 0) is 16.1 Å². The molecule has 0 aliphatic rings. The van der Waals surface area contributed by atoms with E-state index in [-0.39, 0.29) is 29.9 Å². The van der Waals surface area contributed by atoms with Gasteiger partial charge in [-0.15, -0.1) is 10.2 Å². The summed E-state index contributed by atoms with van der Waals surface area (Å²) in [6.07, 6.45) is 3.24. The summed E-state index contributed by atoms with van der Waals surface area (Å²) in [5.41, 5.74) is 1.79. The topological polar surface area (TPSA) is 111 Å². The van der Waals surface area contributed by atoms with Gasteiger partial charge in [0.25, 0.3) is 0 Å². The molecule has 2 aromatic heterocycles. The molecule has 0 bridgehead atoms. The number of ether oxygens (including phenoxy) is 1. The van der Waals surface area contributed by atoms with Crippen LogP contribution in [0.4, 0.5) is 15.8 Å². The number of benzene rings is 2. The Bertz CT molecular complexity index is 1310. The second-order valence-electron chi connectivity index (χ2n) is 7.25. The lowest BCUT2D eigenvalue weighted by molar-refractivity contribution is -0.117. The van der Waals surface area contributed by atoms with Gasteiger partial charge in [0.1, 0.15) is 18.1 Å². The summed E-state index contributed by atoms with van der Waals surface area (Å²) in [4.78, 5) is 29.3. The van der Waals surface area contributed by atoms with E-state index in [0.717, 1.165) is 17.3 Å². The lowest BCUT2D eigenvalue weighted by Crippen LogP contribution is -2.20. The number of thioether (sulfide) groups is 1. The molecule has 0 radical (unpaired) electrons. The van der Waals surface area contributed by atoms with Gasteiger partial charge in [0.15, 0.2) is 11.0 Å². The van der Waals surface area contributed by atoms with E-state index in [2.05, 4.69) is 25.8 Å². The van der Waals surface area contributed by atoms with Crippen LogP contribution in [0.5, 0.6) is 5.75 Å². The number of hydrogen-bond donors (Lipinski definition) is 2. The van der Waals surface area contributed by atoms with E-state index in [1.807, 2.05) is 0 Å². The van der Waals surface area contributed by atoms with E-state index in [1.165, 1.54) is 24.3 Å². The quantitative estimate of drug-likeness (QED) is 0.341. The Morgan fingerprint density at radius 3 is 2.46 bits per heavy atom. The van der Waals surface area contributed by atoms with Crippen LogP contribution in [0.3, 0.4) is 0 Å². The molecule has 2 aromatic carbocycles. The fourth-order valence-corrected chi connectivity index (χ4v) is 3.90. The van der Waals surface area contributed by atoms with E-state index in [1.54, 1.807) is 60.5 Å². The van der Waals surface area contributed by atoms with E-state index in [0.29, 0.717) is 28.1 Å². The largest absolute Gasteiger partial charge is 0.497 e. The number of carbonyl (C=O) groups excluding carboxylic acids is 2. The van der Waals surface area contributed by atoms with E-state index in [9.17, 15) is 14.0 Å². The number of nitrogens with zero attached hydrogens (tertiary/aromatic N) is 4. The highest BCUT2D eigenvalue weighted by Gasteiger charge is 2.18. The molecule has 2 heterocycles. The van der Waals surface area contributed by atoms with Crippen LogP contribution in [0.1, 0.15) is 0 Å². The molecule has 0 saturated heterocycles. The number of aromatic nitrogens is 4. The summed E-state index contributed by atoms with van der Waals surface area (Å²) < 4.78 is 19.9. The highest BCUT2D eigenvalue weighted by atomic mass is 32.2. The second kappa shape index (κ2) is 11.3. The van der Waals surface area contributed by atoms with Gasteiger partial charge in [-0.1, -0.05) is 17.8 Å². The molecule has 178 valence electrons. The molecule has 0 atom stereocenters. The van der Waals surface area contributed by atoms with Crippen LogP contribution in [-0.4, -0.2) is 44.4 Å². The van der Waals surface area contributed by atoms with Gasteiger partial charge < -0.3 is 15.4 Å². The first kappa shape index (κ1) is 23.9. The third-order valence-electron chi connectivity index (χ3n) is 4.77. The monoisotopic (exact) mass is 492 g/mol. The smallest absolute Gasteiger partial charge is 0.244 e. The summed E-state index contributed by atoms with van der Waals surface area (Å²) in [7, 11) is 1.55. The van der Waals surface area contributed by atoms with Crippen molar-refractivity contribution in [2.75, 3.05) is 23.5 Å². The molecule has 0 fully saturated rings. The zero-order valence-corrected chi connectivity index (χ0v) is 19.5. The van der Waals surface area contributed by atoms with Crippen molar-refractivity contribution in [2.24, 2.45) is 0 Å². The molecule has 2 amide bonds. The molecule has 11 heteroatoms. The van der Waals surface area contributed by atoms with Crippen molar-refractivity contribution >= 4 is 35.0 Å². The first-order valence-electron chi connectivity index (χ1n) is 10.5. The van der Waals surface area contributed by atoms with Crippen molar-refractivity contribution < 1.29 is 18.7 Å². The lowest BCUT2D eigenvalue weighted by atomic mass is 10.2. The van der Waals surface area contributed by atoms with Crippen LogP contribution < -0.4 is 15.4 Å². The second-order valence-corrected chi connectivity index (χ2v) is 8.19. The highest BCUT2D eigenvalue weighted by molar-refractivity contribution is 7.99. The number of hydrogen-bond acceptors (Lipinski definition) is 7. The number of amides is 2. The minimum atomic E-state index is -0.388. The third-order valence-corrected chi connectivity index (χ3v) is 5.74. The van der Waals surface area contributed by atoms with Crippen LogP contribution >= 0.6 is 11.8 Å². The first-order valence-corrected chi connectivity index (χ1v) is 11.5. The van der Waals surface area contributed by atoms with Crippen molar-refractivity contribution in [3.05, 3.63) is 78.9 Å². The summed E-state index contributed by atoms with van der Waals surface area (Å²) >= 11 is 1.14. The summed E-state index contributed by atoms with van der Waals surface area (Å²) in [5.74, 6) is 0.112. The zero-order chi connectivity index (χ0) is 24.6. The van der Waals surface area contributed by atoms with Gasteiger partial charge in [0.05, 0.1) is 12.9 Å². The van der Waals surface area contributed by atoms with E-state index < -0.39 is 0 Å². The van der Waals surface area contributed by atoms with Gasteiger partial charge in [-0.25, -0.2) is 4.39 Å². The average molecular weight is 493 g/mol. The number of carbonyl (C=O) groups is 2. The molecule has 0 spiro atoms. The molecular formula is C24H21FN6O3S. The third kappa shape index (κ3) is 6.42. The first-order chi connectivity index (χ1) is 17.0. The highest BCUT2D eigenvalue weighted by Crippen LogP contribution is 2.24. The number of nitrogens with one attached hydrogen (secondary N) is 2. The predicted octanol–water partition coefficient (Wildman–Crippen LogP) is 3.86. The van der Waals surface area contributed by atoms with Crippen molar-refractivity contribution in [2.45, 2.75) is 11.7 Å². The minimum Gasteiger partial charge on any atom is -0.497 e. The van der Waals surface area contributed by atoms with E-state index in [4.69, 9.17) is 4.74 Å². The standard InChI is InChI=1S/C24H21FN6O3S/c1-34-20-4-2-3-19(13-20)28-21(32)14-31-23(16-9-11-26-12-10-16)29-30-24(31)35-15-22(33)27-18-7-5-17(25)6-8-18/h2-13H,14-15H2,1H3,(H,27,33)(H,28,32). The minimum absolute atomic E-state index is 0.0172. The van der Waals surface area contributed by atoms with Crippen molar-refractivity contribution in [1.82, 2.24) is 19.7 Å². The van der Waals surface area contributed by atoms with Gasteiger partial charge in [-0.05, 0) is 48.5 Å². The van der Waals surface area contributed by atoms with Crippen LogP contribution in [0.15, 0.2) is 78.2 Å². The van der Waals surface area contributed by atoms with Crippen molar-refractivity contribution in [3.8, 4) is 17.1 Å². The van der Waals surface area contributed by atoms with Crippen LogP contribution in [0.25, 0.3) is 11.4 Å². The molecule has 0 aliphatic heterocycles. The normalized spacial score (nSPS) is 10.6. The Balaban J connectivity index is 1.50. The molecule has 2 N–H and O–H groups in total. The summed E-state index contributed by atoms with van der Waals surface area (Å²) in [5, 5.41) is 14.4. The fraction of sp³-hybridized carbons (Fsp3) is 0.125. The predicted molar refractivity (Wildman–Crippen MR) is 131 cm³/mol. The summed E-state index contributed by atoms with van der Waals surface area (Å²) in [6.45, 7) is -0.0796. The van der Waals surface area contributed by atoms with Gasteiger partial charge in [0, 0.05) is 35.4 Å². The maximum atomic E-state index is 13.1. The number of anilines is 2. The Morgan fingerprint density at radius 2 is 1.71 bits per heavy atom. The maximum Gasteiger partial charge on any atom is 0.244 e. The van der Waals surface area contributed by atoms with Gasteiger partial charge in [-0.2, -0.15) is 0 Å². The maximum absolute atomic E-state index is 13.1. The average Bonchev–Trinajstić information content (AvgIpc) is 3.27. The SMILES string of the molecule is COc1cccc(NC(=O)Cn2c(SCC(=O)Nc3ccc(F)cc3)nnc2-c2ccncc2)c1. The number of rotatable bonds is 9. The molecule has 0 unspecified atom stereocenters. The molecule has 0 aliphatic carbocycles. The molecule has 4 aromatic rings. The van der Waals surface area contributed by atoms with Crippen LogP contribution in [0.2, 0.25) is 0 Å². The molecule has 35 heavy (non-hydrogen) atoms. The Labute approximate surface area is 204 Å². The Kier molecular flexibility index (Phi) is 7.68. The molecular weight excluding hydrogens is 471 g/mol. The van der Waals surface area contributed by atoms with Crippen LogP contribution in [0, 0.1) is 5.82 Å². The number of halogens is 1. The fourth-order valence-electron chi connectivity index (χ4n) is 3.16. The molecule has 9 nitrogen and oxygen atoms in total. The zero-order valence-electron chi connectivity index (χ0n) is 18.6. The van der Waals surface area contributed by atoms with Crippen molar-refractivity contribution in [1.29, 1.82) is 0 Å². The number of pyridine rings is 1. The lowest BCUT2D eigenvalue weighted by Gasteiger charge is -2.11. The number of methoxy groups -OCH3 is 1. The molecule has 0 saturated carbocycles. The van der Waals surface area contributed by atoms with Gasteiger partial charge in [-0.3, -0.25) is 19.1 Å². The Morgan fingerprint density at radius 1 is 0.971 bits per heavy atom. The van der Waals surface area contributed by atoms with E-state index >= 15 is 0 Å². The van der Waals surface area contributed by atoms with Crippen molar-refractivity contribution in [3.63, 3.8) is 0 Å². The summed E-state index contributed by atoms with van der Waals surface area (Å²) in [6, 6.07) is 16.0. The molecule has 4 rings (SSSR count).